The van der Waals surface area contributed by atoms with Crippen LogP contribution in [0.15, 0.2) is 30.7 Å². The predicted octanol–water partition coefficient (Wildman–Crippen LogP) is 1.54. The number of aromatic nitrogens is 2. The van der Waals surface area contributed by atoms with Crippen LogP contribution in [0.4, 0.5) is 5.69 Å². The molecule has 18 heavy (non-hydrogen) atoms. The fraction of sp³-hybridized carbons (Fsp3) is 0.308. The second kappa shape index (κ2) is 4.25. The van der Waals surface area contributed by atoms with Gasteiger partial charge in [0.15, 0.2) is 0 Å². The number of carbonyl (C=O) groups is 1. The number of rotatable bonds is 2. The zero-order valence-corrected chi connectivity index (χ0v) is 9.78. The van der Waals surface area contributed by atoms with Crippen LogP contribution >= 0.6 is 0 Å². The summed E-state index contributed by atoms with van der Waals surface area (Å²) >= 11 is 0. The minimum Gasteiger partial charge on any atom is -0.481 e. The third-order valence-corrected chi connectivity index (χ3v) is 3.40. The number of carboxylic acids is 1. The lowest BCUT2D eigenvalue weighted by Crippen LogP contribution is -2.22. The Labute approximate surface area is 104 Å². The molecule has 3 heterocycles. The molecule has 1 aliphatic rings. The molecule has 2 aromatic heterocycles. The Hall–Kier alpha value is -2.17. The summed E-state index contributed by atoms with van der Waals surface area (Å²) in [7, 11) is 0. The van der Waals surface area contributed by atoms with Gasteiger partial charge in [0, 0.05) is 36.6 Å². The fourth-order valence-electron chi connectivity index (χ4n) is 2.44. The third kappa shape index (κ3) is 1.77. The van der Waals surface area contributed by atoms with Crippen LogP contribution in [0.3, 0.4) is 0 Å². The monoisotopic (exact) mass is 243 g/mol. The molecule has 2 aromatic rings. The Bertz CT molecular complexity index is 594. The number of aliphatic carboxylic acids is 1. The van der Waals surface area contributed by atoms with Gasteiger partial charge in [-0.1, -0.05) is 0 Å². The number of pyridine rings is 2. The van der Waals surface area contributed by atoms with Crippen molar-refractivity contribution in [2.24, 2.45) is 5.92 Å². The van der Waals surface area contributed by atoms with Crippen LogP contribution in [0.25, 0.3) is 10.9 Å². The molecule has 5 heteroatoms. The first-order valence-corrected chi connectivity index (χ1v) is 5.92. The molecule has 1 atom stereocenters. The maximum atomic E-state index is 11.0. The van der Waals surface area contributed by atoms with Gasteiger partial charge in [-0.2, -0.15) is 0 Å². The van der Waals surface area contributed by atoms with Crippen molar-refractivity contribution in [3.8, 4) is 0 Å². The van der Waals surface area contributed by atoms with Crippen LogP contribution in [-0.2, 0) is 4.79 Å². The fourth-order valence-corrected chi connectivity index (χ4v) is 2.44. The molecule has 0 aromatic carbocycles. The van der Waals surface area contributed by atoms with Gasteiger partial charge in [0.05, 0.1) is 17.6 Å². The highest BCUT2D eigenvalue weighted by Gasteiger charge is 2.28. The second-order valence-corrected chi connectivity index (χ2v) is 4.49. The lowest BCUT2D eigenvalue weighted by atomic mass is 10.1. The third-order valence-electron chi connectivity index (χ3n) is 3.40. The first-order chi connectivity index (χ1) is 8.75. The van der Waals surface area contributed by atoms with Crippen molar-refractivity contribution in [1.82, 2.24) is 9.97 Å². The van der Waals surface area contributed by atoms with Crippen molar-refractivity contribution in [1.29, 1.82) is 0 Å². The molecule has 0 amide bonds. The average Bonchev–Trinajstić information content (AvgIpc) is 2.87. The Morgan fingerprint density at radius 3 is 3.06 bits per heavy atom. The molecule has 3 rings (SSSR count). The average molecular weight is 243 g/mol. The van der Waals surface area contributed by atoms with E-state index >= 15 is 0 Å². The topological polar surface area (TPSA) is 66.3 Å². The van der Waals surface area contributed by atoms with Crippen molar-refractivity contribution in [2.45, 2.75) is 6.42 Å². The van der Waals surface area contributed by atoms with Crippen molar-refractivity contribution in [2.75, 3.05) is 18.0 Å². The van der Waals surface area contributed by atoms with E-state index in [-0.39, 0.29) is 5.92 Å². The zero-order valence-electron chi connectivity index (χ0n) is 9.78. The molecule has 5 nitrogen and oxygen atoms in total. The van der Waals surface area contributed by atoms with E-state index in [9.17, 15) is 4.79 Å². The number of fused-ring (bicyclic) bond motifs is 1. The molecular formula is C13H13N3O2. The minimum atomic E-state index is -0.711. The SMILES string of the molecule is O=C(O)C1CCN(c2ccnc3cnccc23)C1. The molecule has 92 valence electrons. The van der Waals surface area contributed by atoms with Gasteiger partial charge >= 0.3 is 5.97 Å². The molecule has 0 saturated carbocycles. The van der Waals surface area contributed by atoms with Gasteiger partial charge in [0.25, 0.3) is 0 Å². The quantitative estimate of drug-likeness (QED) is 0.866. The molecule has 1 saturated heterocycles. The first-order valence-electron chi connectivity index (χ1n) is 5.92. The molecule has 1 N–H and O–H groups in total. The highest BCUT2D eigenvalue weighted by molar-refractivity contribution is 5.91. The number of carboxylic acid groups (broad SMARTS) is 1. The maximum absolute atomic E-state index is 11.0. The highest BCUT2D eigenvalue weighted by atomic mass is 16.4. The minimum absolute atomic E-state index is 0.268. The molecule has 0 spiro atoms. The van der Waals surface area contributed by atoms with E-state index < -0.39 is 5.97 Å². The van der Waals surface area contributed by atoms with Crippen molar-refractivity contribution >= 4 is 22.6 Å². The summed E-state index contributed by atoms with van der Waals surface area (Å²) < 4.78 is 0. The Morgan fingerprint density at radius 1 is 1.39 bits per heavy atom. The van der Waals surface area contributed by atoms with Crippen LogP contribution in [-0.4, -0.2) is 34.1 Å². The van der Waals surface area contributed by atoms with Gasteiger partial charge < -0.3 is 10.0 Å². The number of anilines is 1. The van der Waals surface area contributed by atoms with Gasteiger partial charge in [-0.3, -0.25) is 14.8 Å². The van der Waals surface area contributed by atoms with Gasteiger partial charge in [0.2, 0.25) is 0 Å². The van der Waals surface area contributed by atoms with Crippen LogP contribution in [0, 0.1) is 5.92 Å². The second-order valence-electron chi connectivity index (χ2n) is 4.49. The normalized spacial score (nSPS) is 19.3. The van der Waals surface area contributed by atoms with Gasteiger partial charge in [0.1, 0.15) is 0 Å². The van der Waals surface area contributed by atoms with E-state index in [2.05, 4.69) is 14.9 Å². The Morgan fingerprint density at radius 2 is 2.28 bits per heavy atom. The lowest BCUT2D eigenvalue weighted by Gasteiger charge is -2.19. The molecule has 0 aliphatic carbocycles. The van der Waals surface area contributed by atoms with E-state index in [0.29, 0.717) is 13.0 Å². The zero-order chi connectivity index (χ0) is 12.5. The molecular weight excluding hydrogens is 230 g/mol. The standard InChI is InChI=1S/C13H13N3O2/c17-13(18)9-3-6-16(8-9)12-2-5-15-11-7-14-4-1-10(11)12/h1-2,4-5,7,9H,3,6,8H2,(H,17,18). The van der Waals surface area contributed by atoms with E-state index in [4.69, 9.17) is 5.11 Å². The van der Waals surface area contributed by atoms with E-state index in [1.54, 1.807) is 18.6 Å². The number of nitrogens with zero attached hydrogens (tertiary/aromatic N) is 3. The molecule has 1 fully saturated rings. The van der Waals surface area contributed by atoms with Crippen molar-refractivity contribution in [3.63, 3.8) is 0 Å². The predicted molar refractivity (Wildman–Crippen MR) is 67.5 cm³/mol. The van der Waals surface area contributed by atoms with E-state index in [0.717, 1.165) is 23.1 Å². The first kappa shape index (κ1) is 11.0. The summed E-state index contributed by atoms with van der Waals surface area (Å²) in [4.78, 5) is 21.4. The summed E-state index contributed by atoms with van der Waals surface area (Å²) in [6.45, 7) is 1.34. The van der Waals surface area contributed by atoms with Crippen LogP contribution in [0.5, 0.6) is 0 Å². The smallest absolute Gasteiger partial charge is 0.308 e. The van der Waals surface area contributed by atoms with Crippen LogP contribution < -0.4 is 4.90 Å². The highest BCUT2D eigenvalue weighted by Crippen LogP contribution is 2.29. The maximum Gasteiger partial charge on any atom is 0.308 e. The summed E-state index contributed by atoms with van der Waals surface area (Å²) in [5, 5.41) is 10.1. The molecule has 1 unspecified atom stereocenters. The largest absolute Gasteiger partial charge is 0.481 e. The number of hydrogen-bond acceptors (Lipinski definition) is 4. The molecule has 0 bridgehead atoms. The van der Waals surface area contributed by atoms with Crippen LogP contribution in [0.2, 0.25) is 0 Å². The van der Waals surface area contributed by atoms with Crippen molar-refractivity contribution < 1.29 is 9.90 Å². The Balaban J connectivity index is 1.98. The van der Waals surface area contributed by atoms with Crippen LogP contribution in [0.1, 0.15) is 6.42 Å². The summed E-state index contributed by atoms with van der Waals surface area (Å²) in [5.41, 5.74) is 1.89. The summed E-state index contributed by atoms with van der Waals surface area (Å²) in [6, 6.07) is 3.86. The molecule has 1 aliphatic heterocycles. The number of hydrogen-bond donors (Lipinski definition) is 1. The van der Waals surface area contributed by atoms with E-state index in [1.807, 2.05) is 12.1 Å². The summed E-state index contributed by atoms with van der Waals surface area (Å²) in [5.74, 6) is -0.979. The van der Waals surface area contributed by atoms with Gasteiger partial charge in [-0.25, -0.2) is 0 Å². The Kier molecular flexibility index (Phi) is 2.59. The lowest BCUT2D eigenvalue weighted by molar-refractivity contribution is -0.140. The van der Waals surface area contributed by atoms with Gasteiger partial charge in [-0.05, 0) is 18.6 Å². The van der Waals surface area contributed by atoms with Gasteiger partial charge in [-0.15, -0.1) is 0 Å². The molecule has 0 radical (unpaired) electrons. The van der Waals surface area contributed by atoms with Crippen molar-refractivity contribution in [3.05, 3.63) is 30.7 Å². The summed E-state index contributed by atoms with van der Waals surface area (Å²) in [6.07, 6.45) is 5.90. The van der Waals surface area contributed by atoms with E-state index in [1.165, 1.54) is 0 Å².